The fraction of sp³-hybridized carbons (Fsp3) is 0.565. The number of hydrogen-bond donors (Lipinski definition) is 9. The Morgan fingerprint density at radius 2 is 1.59 bits per heavy atom. The van der Waals surface area contributed by atoms with Crippen LogP contribution in [-0.2, 0) is 25.6 Å². The third-order valence-corrected chi connectivity index (χ3v) is 3.52. The molecule has 0 aromatic heterocycles. The predicted octanol–water partition coefficient (Wildman–Crippen LogP) is -1.32. The van der Waals surface area contributed by atoms with Crippen molar-refractivity contribution in [2.75, 3.05) is 26.6 Å². The normalized spacial score (nSPS) is 11.0. The second kappa shape index (κ2) is 26.0. The molecule has 1 aromatic carbocycles. The maximum atomic E-state index is 12.2. The zero-order chi connectivity index (χ0) is 29.2. The van der Waals surface area contributed by atoms with Gasteiger partial charge in [0.2, 0.25) is 17.7 Å². The van der Waals surface area contributed by atoms with Crippen molar-refractivity contribution in [1.82, 2.24) is 21.4 Å². The first-order valence-corrected chi connectivity index (χ1v) is 11.9. The molecule has 3 amide bonds. The van der Waals surface area contributed by atoms with Crippen LogP contribution in [0.2, 0.25) is 0 Å². The minimum absolute atomic E-state index is 0.209. The van der Waals surface area contributed by atoms with Crippen molar-refractivity contribution in [3.8, 4) is 0 Å². The summed E-state index contributed by atoms with van der Waals surface area (Å²) >= 11 is 0. The first-order chi connectivity index (χ1) is 17.4. The van der Waals surface area contributed by atoms with E-state index in [9.17, 15) is 14.4 Å². The summed E-state index contributed by atoms with van der Waals surface area (Å²) in [6.07, 6.45) is 0.600. The molecule has 0 bridgehead atoms. The van der Waals surface area contributed by atoms with Gasteiger partial charge in [-0.25, -0.2) is 5.48 Å². The van der Waals surface area contributed by atoms with E-state index in [1.807, 2.05) is 13.0 Å². The van der Waals surface area contributed by atoms with E-state index in [2.05, 4.69) is 52.8 Å². The van der Waals surface area contributed by atoms with Crippen molar-refractivity contribution in [2.24, 2.45) is 17.4 Å². The molecule has 0 heterocycles. The number of amides is 3. The van der Waals surface area contributed by atoms with Crippen molar-refractivity contribution < 1.29 is 29.3 Å². The van der Waals surface area contributed by atoms with Gasteiger partial charge in [-0.3, -0.25) is 19.8 Å². The van der Waals surface area contributed by atoms with Gasteiger partial charge in [-0.05, 0) is 25.3 Å². The summed E-state index contributed by atoms with van der Waals surface area (Å²) in [4.78, 5) is 40.1. The van der Waals surface area contributed by atoms with Crippen molar-refractivity contribution in [3.63, 3.8) is 0 Å². The minimum atomic E-state index is -1.69. The molecule has 13 nitrogen and oxygen atoms in total. The molecule has 14 heteroatoms. The number of carbonyl (C=O) groups is 3. The fourth-order valence-electron chi connectivity index (χ4n) is 2.09. The zero-order valence-electron chi connectivity index (χ0n) is 22.8. The van der Waals surface area contributed by atoms with E-state index < -0.39 is 36.9 Å². The predicted molar refractivity (Wildman–Crippen MR) is 146 cm³/mol. The molecule has 0 aliphatic rings. The van der Waals surface area contributed by atoms with Crippen LogP contribution in [0.15, 0.2) is 30.3 Å². The second-order valence-electron chi connectivity index (χ2n) is 8.08. The molecule has 37 heavy (non-hydrogen) atoms. The van der Waals surface area contributed by atoms with Crippen LogP contribution in [0.1, 0.15) is 40.2 Å². The maximum Gasteiger partial charge on any atom is 0.472 e. The quantitative estimate of drug-likeness (QED) is 0.0719. The number of hydrogen-bond acceptors (Lipinski definition) is 9. The average Bonchev–Trinajstić information content (AvgIpc) is 2.82. The van der Waals surface area contributed by atoms with Crippen LogP contribution < -0.4 is 32.9 Å². The molecular formula is C23H46BN7O6. The maximum absolute atomic E-state index is 12.2. The Hall–Kier alpha value is -3.04. The Labute approximate surface area is 220 Å². The van der Waals surface area contributed by atoms with Crippen molar-refractivity contribution in [2.45, 2.75) is 53.1 Å². The van der Waals surface area contributed by atoms with Gasteiger partial charge in [-0.1, -0.05) is 51.1 Å². The Kier molecular flexibility index (Phi) is 27.1. The van der Waals surface area contributed by atoms with Crippen molar-refractivity contribution in [1.29, 1.82) is 5.41 Å². The lowest BCUT2D eigenvalue weighted by atomic mass is 9.92. The standard InChI is InChI=1S/C15H23BN4O5.C4H10.C3H9NO.CH4N2/c1-10(17)14(22)18-8-13(21)20-12(15(23)19-9-16(24)25)7-11-5-3-2-4-6-11;1-4(2)3;1-3-5-4-2;2-1-3/h2-6,10,12,24-25H,7-9,17H2,1H3,(H,18,22)(H,19,23)(H,20,21);4H,1-3H3;4H,3H2,1-2H3;1H,(H3,2,3). The summed E-state index contributed by atoms with van der Waals surface area (Å²) in [5.74, 6) is -0.777. The summed E-state index contributed by atoms with van der Waals surface area (Å²) in [6.45, 7) is 10.3. The van der Waals surface area contributed by atoms with Crippen LogP contribution in [0.4, 0.5) is 0 Å². The molecule has 0 aliphatic heterocycles. The van der Waals surface area contributed by atoms with Crippen molar-refractivity contribution >= 4 is 31.2 Å². The number of hydroxylamine groups is 1. The van der Waals surface area contributed by atoms with E-state index in [0.29, 0.717) is 0 Å². The molecule has 0 aliphatic carbocycles. The summed E-state index contributed by atoms with van der Waals surface area (Å²) in [5, 5.41) is 30.7. The van der Waals surface area contributed by atoms with Gasteiger partial charge in [0.15, 0.2) is 0 Å². The van der Waals surface area contributed by atoms with Crippen molar-refractivity contribution in [3.05, 3.63) is 35.9 Å². The first kappa shape index (κ1) is 38.5. The molecule has 0 saturated heterocycles. The summed E-state index contributed by atoms with van der Waals surface area (Å²) in [7, 11) is 0.0473. The van der Waals surface area contributed by atoms with Gasteiger partial charge < -0.3 is 42.3 Å². The molecule has 0 spiro atoms. The highest BCUT2D eigenvalue weighted by Crippen LogP contribution is 2.03. The lowest BCUT2D eigenvalue weighted by Gasteiger charge is -2.19. The summed E-state index contributed by atoms with van der Waals surface area (Å²) in [5.41, 5.74) is 13.1. The van der Waals surface area contributed by atoms with Gasteiger partial charge in [0.05, 0.1) is 32.0 Å². The molecule has 0 radical (unpaired) electrons. The molecule has 0 fully saturated rings. The number of nitrogens with one attached hydrogen (secondary N) is 5. The SMILES string of the molecule is CC(C)C.CC(N)C(=O)NCC(=O)NC(Cc1ccccc1)C(=O)NCB(O)O.CCONC.N=CN. The molecule has 2 unspecified atom stereocenters. The second-order valence-corrected chi connectivity index (χ2v) is 8.08. The first-order valence-electron chi connectivity index (χ1n) is 11.9. The topological polar surface area (TPSA) is 225 Å². The van der Waals surface area contributed by atoms with E-state index in [-0.39, 0.29) is 19.4 Å². The molecule has 2 atom stereocenters. The number of benzene rings is 1. The highest BCUT2D eigenvalue weighted by atomic mass is 16.6. The molecule has 212 valence electrons. The highest BCUT2D eigenvalue weighted by molar-refractivity contribution is 6.41. The lowest BCUT2D eigenvalue weighted by molar-refractivity contribution is -0.129. The van der Waals surface area contributed by atoms with Gasteiger partial charge in [0, 0.05) is 13.5 Å². The Morgan fingerprint density at radius 3 is 1.97 bits per heavy atom. The van der Waals surface area contributed by atoms with Crippen LogP contribution in [0.5, 0.6) is 0 Å². The molecule has 1 rings (SSSR count). The van der Waals surface area contributed by atoms with Crippen LogP contribution in [0, 0.1) is 11.3 Å². The van der Waals surface area contributed by atoms with Gasteiger partial charge in [-0.2, -0.15) is 0 Å². The number of nitrogens with two attached hydrogens (primary N) is 2. The largest absolute Gasteiger partial charge is 0.472 e. The van der Waals surface area contributed by atoms with E-state index in [1.165, 1.54) is 6.92 Å². The van der Waals surface area contributed by atoms with Crippen LogP contribution in [0.3, 0.4) is 0 Å². The van der Waals surface area contributed by atoms with Crippen LogP contribution in [0.25, 0.3) is 0 Å². The summed E-state index contributed by atoms with van der Waals surface area (Å²) < 4.78 is 0. The van der Waals surface area contributed by atoms with E-state index in [4.69, 9.17) is 21.2 Å². The molecule has 11 N–H and O–H groups in total. The zero-order valence-corrected chi connectivity index (χ0v) is 22.8. The van der Waals surface area contributed by atoms with Gasteiger partial charge in [0.1, 0.15) is 6.04 Å². The smallest absolute Gasteiger partial charge is 0.426 e. The molecular weight excluding hydrogens is 481 g/mol. The third kappa shape index (κ3) is 29.1. The Morgan fingerprint density at radius 1 is 1.08 bits per heavy atom. The average molecular weight is 527 g/mol. The highest BCUT2D eigenvalue weighted by Gasteiger charge is 2.22. The van der Waals surface area contributed by atoms with E-state index >= 15 is 0 Å². The van der Waals surface area contributed by atoms with E-state index in [1.54, 1.807) is 31.3 Å². The number of carbonyl (C=O) groups excluding carboxylic acids is 3. The monoisotopic (exact) mass is 527 g/mol. The Bertz CT molecular complexity index is 720. The van der Waals surface area contributed by atoms with E-state index in [0.717, 1.165) is 24.4 Å². The van der Waals surface area contributed by atoms with Gasteiger partial charge in [-0.15, -0.1) is 0 Å². The van der Waals surface area contributed by atoms with Gasteiger partial charge in [0.25, 0.3) is 0 Å². The van der Waals surface area contributed by atoms with Gasteiger partial charge >= 0.3 is 7.12 Å². The van der Waals surface area contributed by atoms with Crippen LogP contribution >= 0.6 is 0 Å². The summed E-state index contributed by atoms with van der Waals surface area (Å²) in [6, 6.07) is 7.33. The number of rotatable bonds is 11. The third-order valence-electron chi connectivity index (χ3n) is 3.52. The lowest BCUT2D eigenvalue weighted by Crippen LogP contribution is -2.52. The van der Waals surface area contributed by atoms with Crippen LogP contribution in [-0.4, -0.2) is 80.0 Å². The molecule has 0 saturated carbocycles. The fourth-order valence-corrected chi connectivity index (χ4v) is 2.09. The minimum Gasteiger partial charge on any atom is -0.426 e. The Balaban J connectivity index is -0.000000802. The molecule has 1 aromatic rings.